The zero-order valence-corrected chi connectivity index (χ0v) is 8.51. The van der Waals surface area contributed by atoms with Crippen LogP contribution in [0.1, 0.15) is 11.5 Å². The van der Waals surface area contributed by atoms with Gasteiger partial charge in [0.1, 0.15) is 5.65 Å². The molecular weight excluding hydrogens is 188 g/mol. The highest BCUT2D eigenvalue weighted by Gasteiger charge is 2.17. The Bertz CT molecular complexity index is 514. The number of nitrogens with zero attached hydrogens (tertiary/aromatic N) is 3. The molecule has 15 heavy (non-hydrogen) atoms. The van der Waals surface area contributed by atoms with Gasteiger partial charge in [0, 0.05) is 43.5 Å². The monoisotopic (exact) mass is 200 g/mol. The molecule has 0 bridgehead atoms. The normalized spacial score (nSPS) is 20.3. The van der Waals surface area contributed by atoms with Crippen molar-refractivity contribution in [3.8, 4) is 0 Å². The molecule has 2 aromatic rings. The maximum absolute atomic E-state index is 4.38. The number of rotatable bonds is 1. The Kier molecular flexibility index (Phi) is 1.74. The maximum Gasteiger partial charge on any atom is 0.137 e. The zero-order chi connectivity index (χ0) is 10.3. The third-order valence-electron chi connectivity index (χ3n) is 2.75. The van der Waals surface area contributed by atoms with Gasteiger partial charge in [0.05, 0.1) is 0 Å². The quantitative estimate of drug-likeness (QED) is 0.759. The topological polar surface area (TPSA) is 44.3 Å². The van der Waals surface area contributed by atoms with Gasteiger partial charge in [-0.2, -0.15) is 5.10 Å². The van der Waals surface area contributed by atoms with Crippen molar-refractivity contribution in [1.82, 2.24) is 15.0 Å². The number of aromatic amines is 1. The number of fused-ring (bicyclic) bond motifs is 1. The molecule has 1 atom stereocenters. The summed E-state index contributed by atoms with van der Waals surface area (Å²) in [6.07, 6.45) is 5.82. The Morgan fingerprint density at radius 1 is 1.53 bits per heavy atom. The standard InChI is InChI=1S/C11H12N4/c1-15-7-10(6-14-15)9-4-8-2-3-12-11(8)13-5-9/h2-6,10H,7H2,1H3,(H,12,13). The summed E-state index contributed by atoms with van der Waals surface area (Å²) in [6.45, 7) is 0.942. The number of hydrazone groups is 1. The fourth-order valence-corrected chi connectivity index (χ4v) is 1.92. The molecule has 76 valence electrons. The highest BCUT2D eigenvalue weighted by atomic mass is 15.4. The molecule has 0 aliphatic carbocycles. The van der Waals surface area contributed by atoms with Gasteiger partial charge >= 0.3 is 0 Å². The number of hydrogen-bond acceptors (Lipinski definition) is 3. The van der Waals surface area contributed by atoms with Gasteiger partial charge in [0.25, 0.3) is 0 Å². The highest BCUT2D eigenvalue weighted by Crippen LogP contribution is 2.21. The number of pyridine rings is 1. The Morgan fingerprint density at radius 2 is 2.47 bits per heavy atom. The van der Waals surface area contributed by atoms with Gasteiger partial charge in [-0.3, -0.25) is 5.01 Å². The lowest BCUT2D eigenvalue weighted by Gasteiger charge is -2.09. The van der Waals surface area contributed by atoms with Crippen LogP contribution in [0.2, 0.25) is 0 Å². The maximum atomic E-state index is 4.38. The molecule has 1 N–H and O–H groups in total. The molecule has 0 spiro atoms. The van der Waals surface area contributed by atoms with E-state index in [-0.39, 0.29) is 0 Å². The smallest absolute Gasteiger partial charge is 0.137 e. The van der Waals surface area contributed by atoms with E-state index in [1.165, 1.54) is 5.56 Å². The number of hydrogen-bond donors (Lipinski definition) is 1. The van der Waals surface area contributed by atoms with Crippen molar-refractivity contribution in [3.05, 3.63) is 30.1 Å². The molecule has 4 heteroatoms. The fourth-order valence-electron chi connectivity index (χ4n) is 1.92. The summed E-state index contributed by atoms with van der Waals surface area (Å²) in [6, 6.07) is 4.22. The van der Waals surface area contributed by atoms with Crippen LogP contribution in [0, 0.1) is 0 Å². The Labute approximate surface area is 87.6 Å². The molecule has 1 unspecified atom stereocenters. The Hall–Kier alpha value is -1.84. The summed E-state index contributed by atoms with van der Waals surface area (Å²) in [7, 11) is 1.98. The summed E-state index contributed by atoms with van der Waals surface area (Å²) < 4.78 is 0. The van der Waals surface area contributed by atoms with E-state index in [1.54, 1.807) is 0 Å². The summed E-state index contributed by atoms with van der Waals surface area (Å²) in [5.41, 5.74) is 2.18. The van der Waals surface area contributed by atoms with E-state index in [1.807, 2.05) is 36.7 Å². The van der Waals surface area contributed by atoms with E-state index < -0.39 is 0 Å². The lowest BCUT2D eigenvalue weighted by molar-refractivity contribution is 0.381. The molecule has 0 saturated carbocycles. The van der Waals surface area contributed by atoms with E-state index >= 15 is 0 Å². The highest BCUT2D eigenvalue weighted by molar-refractivity contribution is 5.78. The average molecular weight is 200 g/mol. The average Bonchev–Trinajstić information content (AvgIpc) is 2.84. The molecule has 4 nitrogen and oxygen atoms in total. The molecule has 0 aromatic carbocycles. The largest absolute Gasteiger partial charge is 0.346 e. The molecule has 0 saturated heterocycles. The van der Waals surface area contributed by atoms with Gasteiger partial charge in [0.15, 0.2) is 0 Å². The minimum absolute atomic E-state index is 0.377. The van der Waals surface area contributed by atoms with Crippen molar-refractivity contribution in [3.63, 3.8) is 0 Å². The molecule has 2 aromatic heterocycles. The Morgan fingerprint density at radius 3 is 3.27 bits per heavy atom. The second-order valence-electron chi connectivity index (χ2n) is 3.90. The first-order chi connectivity index (χ1) is 7.33. The lowest BCUT2D eigenvalue weighted by Crippen LogP contribution is -2.12. The first-order valence-electron chi connectivity index (χ1n) is 5.01. The van der Waals surface area contributed by atoms with Crippen molar-refractivity contribution >= 4 is 17.2 Å². The van der Waals surface area contributed by atoms with E-state index in [2.05, 4.69) is 21.1 Å². The minimum Gasteiger partial charge on any atom is -0.346 e. The summed E-state index contributed by atoms with van der Waals surface area (Å²) >= 11 is 0. The SMILES string of the molecule is CN1CC(c2cnc3[nH]ccc3c2)C=N1. The molecule has 0 radical (unpaired) electrons. The van der Waals surface area contributed by atoms with Crippen molar-refractivity contribution in [2.45, 2.75) is 5.92 Å². The van der Waals surface area contributed by atoms with Crippen LogP contribution in [0.5, 0.6) is 0 Å². The molecule has 3 heterocycles. The predicted molar refractivity (Wildman–Crippen MR) is 60.0 cm³/mol. The summed E-state index contributed by atoms with van der Waals surface area (Å²) in [4.78, 5) is 7.47. The number of nitrogens with one attached hydrogen (secondary N) is 1. The van der Waals surface area contributed by atoms with E-state index in [0.717, 1.165) is 17.6 Å². The van der Waals surface area contributed by atoms with Crippen molar-refractivity contribution in [1.29, 1.82) is 0 Å². The first kappa shape index (κ1) is 8.47. The van der Waals surface area contributed by atoms with Gasteiger partial charge in [0.2, 0.25) is 0 Å². The third-order valence-corrected chi connectivity index (χ3v) is 2.75. The Balaban J connectivity index is 2.01. The predicted octanol–water partition coefficient (Wildman–Crippen LogP) is 1.58. The van der Waals surface area contributed by atoms with Crippen LogP contribution >= 0.6 is 0 Å². The van der Waals surface area contributed by atoms with Crippen molar-refractivity contribution < 1.29 is 0 Å². The van der Waals surface area contributed by atoms with Crippen LogP contribution in [-0.4, -0.2) is 34.8 Å². The molecule has 1 aliphatic heterocycles. The third kappa shape index (κ3) is 1.38. The fraction of sp³-hybridized carbons (Fsp3) is 0.273. The van der Waals surface area contributed by atoms with Gasteiger partial charge in [-0.05, 0) is 17.7 Å². The van der Waals surface area contributed by atoms with Crippen LogP contribution in [0.25, 0.3) is 11.0 Å². The van der Waals surface area contributed by atoms with Gasteiger partial charge in [-0.1, -0.05) is 0 Å². The number of likely N-dealkylation sites (N-methyl/N-ethyl adjacent to an activating group) is 1. The van der Waals surface area contributed by atoms with Crippen LogP contribution < -0.4 is 0 Å². The molecule has 1 aliphatic rings. The van der Waals surface area contributed by atoms with Crippen LogP contribution in [0.4, 0.5) is 0 Å². The first-order valence-corrected chi connectivity index (χ1v) is 5.01. The van der Waals surface area contributed by atoms with E-state index in [9.17, 15) is 0 Å². The molecule has 0 fully saturated rings. The van der Waals surface area contributed by atoms with E-state index in [4.69, 9.17) is 0 Å². The summed E-state index contributed by atoms with van der Waals surface area (Å²) in [5.74, 6) is 0.377. The molecule has 3 rings (SSSR count). The van der Waals surface area contributed by atoms with Crippen LogP contribution in [0.3, 0.4) is 0 Å². The van der Waals surface area contributed by atoms with Gasteiger partial charge in [-0.25, -0.2) is 4.98 Å². The van der Waals surface area contributed by atoms with Crippen LogP contribution in [0.15, 0.2) is 29.6 Å². The van der Waals surface area contributed by atoms with E-state index in [0.29, 0.717) is 5.92 Å². The molecule has 0 amide bonds. The zero-order valence-electron chi connectivity index (χ0n) is 8.51. The number of H-pyrrole nitrogens is 1. The second kappa shape index (κ2) is 3.08. The van der Waals surface area contributed by atoms with Crippen molar-refractivity contribution in [2.24, 2.45) is 5.10 Å². The van der Waals surface area contributed by atoms with Crippen LogP contribution in [-0.2, 0) is 0 Å². The van der Waals surface area contributed by atoms with Gasteiger partial charge < -0.3 is 4.98 Å². The summed E-state index contributed by atoms with van der Waals surface area (Å²) in [5, 5.41) is 7.35. The lowest BCUT2D eigenvalue weighted by atomic mass is 10.0. The van der Waals surface area contributed by atoms with Gasteiger partial charge in [-0.15, -0.1) is 0 Å². The second-order valence-corrected chi connectivity index (χ2v) is 3.90. The number of aromatic nitrogens is 2. The van der Waals surface area contributed by atoms with Crippen molar-refractivity contribution in [2.75, 3.05) is 13.6 Å². The minimum atomic E-state index is 0.377. The molecular formula is C11H12N4.